The molecule has 0 aromatic rings. The second-order valence-corrected chi connectivity index (χ2v) is 1.91. The number of hydrogen-bond acceptors (Lipinski definition) is 2. The molecule has 1 atom stereocenters. The number of carbonyl (C=O) groups is 2. The Morgan fingerprint density at radius 2 is 2.30 bits per heavy atom. The second-order valence-electron chi connectivity index (χ2n) is 1.91. The van der Waals surface area contributed by atoms with Crippen LogP contribution in [0.15, 0.2) is 24.4 Å². The van der Waals surface area contributed by atoms with Crippen molar-refractivity contribution in [1.82, 2.24) is 5.32 Å². The van der Waals surface area contributed by atoms with E-state index in [0.717, 1.165) is 0 Å². The Labute approximate surface area is 58.4 Å². The third-order valence-electron chi connectivity index (χ3n) is 1.20. The van der Waals surface area contributed by atoms with Gasteiger partial charge in [-0.25, -0.2) is 0 Å². The van der Waals surface area contributed by atoms with Crippen molar-refractivity contribution in [1.29, 1.82) is 0 Å². The van der Waals surface area contributed by atoms with Crippen molar-refractivity contribution in [3.05, 3.63) is 24.4 Å². The van der Waals surface area contributed by atoms with E-state index in [2.05, 4.69) is 5.32 Å². The summed E-state index contributed by atoms with van der Waals surface area (Å²) in [6, 6.07) is 0. The van der Waals surface area contributed by atoms with E-state index in [4.69, 9.17) is 0 Å². The first-order chi connectivity index (χ1) is 4.84. The first-order valence-electron chi connectivity index (χ1n) is 2.93. The molecule has 1 aliphatic heterocycles. The molecule has 0 saturated carbocycles. The molecular weight excluding hydrogens is 130 g/mol. The molecule has 1 rings (SSSR count). The summed E-state index contributed by atoms with van der Waals surface area (Å²) in [5, 5.41) is 2.43. The summed E-state index contributed by atoms with van der Waals surface area (Å²) in [5.41, 5.74) is 0. The van der Waals surface area contributed by atoms with Crippen molar-refractivity contribution in [3.63, 3.8) is 0 Å². The highest BCUT2D eigenvalue weighted by Crippen LogP contribution is 1.97. The van der Waals surface area contributed by atoms with Crippen LogP contribution in [0.5, 0.6) is 0 Å². The van der Waals surface area contributed by atoms with Gasteiger partial charge in [-0.3, -0.25) is 4.79 Å². The molecule has 1 amide bonds. The highest BCUT2D eigenvalue weighted by molar-refractivity contribution is 5.94. The Hall–Kier alpha value is -1.38. The quantitative estimate of drug-likeness (QED) is 0.408. The van der Waals surface area contributed by atoms with Gasteiger partial charge < -0.3 is 10.1 Å². The van der Waals surface area contributed by atoms with E-state index in [1.807, 2.05) is 0 Å². The monoisotopic (exact) mass is 137 g/mol. The van der Waals surface area contributed by atoms with E-state index in [0.29, 0.717) is 6.29 Å². The first kappa shape index (κ1) is 6.74. The van der Waals surface area contributed by atoms with Crippen molar-refractivity contribution >= 4 is 12.2 Å². The summed E-state index contributed by atoms with van der Waals surface area (Å²) in [7, 11) is 0. The van der Waals surface area contributed by atoms with Crippen LogP contribution in [-0.4, -0.2) is 12.2 Å². The normalized spacial score (nSPS) is 23.6. The largest absolute Gasteiger partial charge is 0.332 e. The van der Waals surface area contributed by atoms with E-state index in [-0.39, 0.29) is 5.91 Å². The zero-order valence-electron chi connectivity index (χ0n) is 5.28. The van der Waals surface area contributed by atoms with Crippen molar-refractivity contribution in [2.75, 3.05) is 0 Å². The standard InChI is InChI=1S/C7H7NO2/c9-5-6-3-1-2-4-8-7(6)10/h1-6H,(H,8,10). The van der Waals surface area contributed by atoms with Crippen LogP contribution in [0.2, 0.25) is 0 Å². The van der Waals surface area contributed by atoms with E-state index in [1.54, 1.807) is 18.2 Å². The average Bonchev–Trinajstić information content (AvgIpc) is 2.13. The molecule has 0 spiro atoms. The molecule has 3 heteroatoms. The van der Waals surface area contributed by atoms with Crippen LogP contribution in [0.25, 0.3) is 0 Å². The molecule has 1 aliphatic rings. The van der Waals surface area contributed by atoms with Gasteiger partial charge in [-0.15, -0.1) is 0 Å². The molecule has 10 heavy (non-hydrogen) atoms. The van der Waals surface area contributed by atoms with Gasteiger partial charge in [0.25, 0.3) is 0 Å². The fraction of sp³-hybridized carbons (Fsp3) is 0.143. The summed E-state index contributed by atoms with van der Waals surface area (Å²) in [4.78, 5) is 21.0. The van der Waals surface area contributed by atoms with Crippen molar-refractivity contribution in [2.45, 2.75) is 0 Å². The molecule has 0 aromatic heterocycles. The van der Waals surface area contributed by atoms with E-state index < -0.39 is 5.92 Å². The number of allylic oxidation sites excluding steroid dienone is 2. The minimum absolute atomic E-state index is 0.278. The molecule has 1 unspecified atom stereocenters. The fourth-order valence-corrected chi connectivity index (χ4v) is 0.660. The fourth-order valence-electron chi connectivity index (χ4n) is 0.660. The van der Waals surface area contributed by atoms with Crippen molar-refractivity contribution in [3.8, 4) is 0 Å². The molecular formula is C7H7NO2. The predicted octanol–water partition coefficient (Wildman–Crippen LogP) is 0.00120. The highest BCUT2D eigenvalue weighted by Gasteiger charge is 2.12. The molecule has 52 valence electrons. The summed E-state index contributed by atoms with van der Waals surface area (Å²) >= 11 is 0. The minimum Gasteiger partial charge on any atom is -0.332 e. The van der Waals surface area contributed by atoms with E-state index in [9.17, 15) is 9.59 Å². The lowest BCUT2D eigenvalue weighted by molar-refractivity contribution is -0.126. The van der Waals surface area contributed by atoms with Crippen LogP contribution in [0.1, 0.15) is 0 Å². The summed E-state index contributed by atoms with van der Waals surface area (Å²) in [5.74, 6) is -0.907. The van der Waals surface area contributed by atoms with Gasteiger partial charge in [-0.05, 0) is 6.08 Å². The van der Waals surface area contributed by atoms with E-state index >= 15 is 0 Å². The Balaban J connectivity index is 2.75. The molecule has 0 aliphatic carbocycles. The maximum absolute atomic E-state index is 10.8. The van der Waals surface area contributed by atoms with Crippen LogP contribution < -0.4 is 5.32 Å². The Morgan fingerprint density at radius 1 is 1.50 bits per heavy atom. The van der Waals surface area contributed by atoms with E-state index in [1.165, 1.54) is 6.20 Å². The van der Waals surface area contributed by atoms with Gasteiger partial charge >= 0.3 is 0 Å². The predicted molar refractivity (Wildman–Crippen MR) is 36.0 cm³/mol. The van der Waals surface area contributed by atoms with Gasteiger partial charge in [0.05, 0.1) is 0 Å². The zero-order valence-corrected chi connectivity index (χ0v) is 5.28. The Morgan fingerprint density at radius 3 is 3.00 bits per heavy atom. The molecule has 0 aromatic carbocycles. The van der Waals surface area contributed by atoms with Crippen molar-refractivity contribution < 1.29 is 9.59 Å². The summed E-state index contributed by atoms with van der Waals surface area (Å²) in [6.45, 7) is 0. The van der Waals surface area contributed by atoms with Gasteiger partial charge in [-0.2, -0.15) is 0 Å². The van der Waals surface area contributed by atoms with Crippen LogP contribution in [0.4, 0.5) is 0 Å². The van der Waals surface area contributed by atoms with Gasteiger partial charge in [0.1, 0.15) is 12.2 Å². The number of amides is 1. The number of aldehydes is 1. The molecule has 0 radical (unpaired) electrons. The molecule has 0 saturated heterocycles. The minimum atomic E-state index is -0.630. The lowest BCUT2D eigenvalue weighted by Crippen LogP contribution is -2.25. The third kappa shape index (κ3) is 1.31. The summed E-state index contributed by atoms with van der Waals surface area (Å²) in [6.07, 6.45) is 6.99. The number of carbonyl (C=O) groups excluding carboxylic acids is 2. The van der Waals surface area contributed by atoms with Crippen LogP contribution in [0, 0.1) is 5.92 Å². The zero-order chi connectivity index (χ0) is 7.40. The molecule has 0 fully saturated rings. The number of rotatable bonds is 1. The van der Waals surface area contributed by atoms with Gasteiger partial charge in [0.15, 0.2) is 0 Å². The van der Waals surface area contributed by atoms with Crippen LogP contribution >= 0.6 is 0 Å². The van der Waals surface area contributed by atoms with Crippen molar-refractivity contribution in [2.24, 2.45) is 5.92 Å². The van der Waals surface area contributed by atoms with Crippen LogP contribution in [0.3, 0.4) is 0 Å². The lowest BCUT2D eigenvalue weighted by atomic mass is 10.1. The molecule has 1 heterocycles. The second kappa shape index (κ2) is 2.96. The smallest absolute Gasteiger partial charge is 0.238 e. The summed E-state index contributed by atoms with van der Waals surface area (Å²) < 4.78 is 0. The maximum atomic E-state index is 10.8. The van der Waals surface area contributed by atoms with Gasteiger partial charge in [0, 0.05) is 6.20 Å². The first-order valence-corrected chi connectivity index (χ1v) is 2.93. The SMILES string of the molecule is O=CC1C=CC=CNC1=O. The lowest BCUT2D eigenvalue weighted by Gasteiger charge is -1.98. The highest BCUT2D eigenvalue weighted by atomic mass is 16.2. The maximum Gasteiger partial charge on any atom is 0.238 e. The number of nitrogens with one attached hydrogen (secondary N) is 1. The molecule has 0 bridgehead atoms. The molecule has 3 nitrogen and oxygen atoms in total. The average molecular weight is 137 g/mol. The molecule has 1 N–H and O–H groups in total. The van der Waals surface area contributed by atoms with Gasteiger partial charge in [-0.1, -0.05) is 12.2 Å². The Kier molecular flexibility index (Phi) is 1.99. The Bertz CT molecular complexity index is 206. The topological polar surface area (TPSA) is 46.2 Å². The van der Waals surface area contributed by atoms with Crippen LogP contribution in [-0.2, 0) is 9.59 Å². The van der Waals surface area contributed by atoms with Gasteiger partial charge in [0.2, 0.25) is 5.91 Å². The number of hydrogen-bond donors (Lipinski definition) is 1. The third-order valence-corrected chi connectivity index (χ3v) is 1.20.